The smallest absolute Gasteiger partial charge is 0.462 e. The van der Waals surface area contributed by atoms with Crippen molar-refractivity contribution >= 4 is 24.5 Å². The molecule has 0 unspecified atom stereocenters. The van der Waals surface area contributed by atoms with Crippen LogP contribution in [0.1, 0.15) is 6.42 Å². The van der Waals surface area contributed by atoms with Gasteiger partial charge in [-0.15, -0.1) is 0 Å². The Morgan fingerprint density at radius 1 is 1.37 bits per heavy atom. The van der Waals surface area contributed by atoms with Crippen molar-refractivity contribution in [2.45, 2.75) is 6.42 Å². The van der Waals surface area contributed by atoms with Crippen LogP contribution in [-0.4, -0.2) is 35.7 Å². The lowest BCUT2D eigenvalue weighted by Crippen LogP contribution is -2.29. The van der Waals surface area contributed by atoms with Crippen molar-refractivity contribution in [2.24, 2.45) is 0 Å². The molecule has 0 radical (unpaired) electrons. The molecule has 0 aliphatic carbocycles. The van der Waals surface area contributed by atoms with E-state index in [1.54, 1.807) is 0 Å². The Kier molecular flexibility index (Phi) is 5.78. The van der Waals surface area contributed by atoms with Crippen molar-refractivity contribution in [2.75, 3.05) is 6.61 Å². The maximum absolute atomic E-state index is 11.4. The first-order valence-corrected chi connectivity index (χ1v) is 5.49. The van der Waals surface area contributed by atoms with Gasteiger partial charge in [0.25, 0.3) is 0 Å². The molecule has 1 rings (SSSR count). The zero-order valence-corrected chi connectivity index (χ0v) is 10.1. The molecule has 0 atom stereocenters. The van der Waals surface area contributed by atoms with Gasteiger partial charge in [-0.2, -0.15) is 0 Å². The maximum Gasteiger partial charge on any atom is 0.488 e. The van der Waals surface area contributed by atoms with E-state index in [0.29, 0.717) is 0 Å². The van der Waals surface area contributed by atoms with Crippen LogP contribution >= 0.6 is 0 Å². The average molecular weight is 264 g/mol. The number of esters is 2. The first-order chi connectivity index (χ1) is 9.02. The van der Waals surface area contributed by atoms with Gasteiger partial charge in [0, 0.05) is 6.08 Å². The molecule has 100 valence electrons. The van der Waals surface area contributed by atoms with E-state index in [1.165, 1.54) is 24.3 Å². The summed E-state index contributed by atoms with van der Waals surface area (Å²) >= 11 is 0. The van der Waals surface area contributed by atoms with Gasteiger partial charge in [0.05, 0.1) is 6.42 Å². The van der Waals surface area contributed by atoms with Crippen molar-refractivity contribution < 1.29 is 29.1 Å². The Labute approximate surface area is 110 Å². The highest BCUT2D eigenvalue weighted by Gasteiger charge is 2.12. The van der Waals surface area contributed by atoms with Gasteiger partial charge in [0.1, 0.15) is 12.4 Å². The first-order valence-electron chi connectivity index (χ1n) is 5.49. The second kappa shape index (κ2) is 7.35. The summed E-state index contributed by atoms with van der Waals surface area (Å²) in [5.74, 6) is -1.02. The van der Waals surface area contributed by atoms with E-state index in [1.807, 2.05) is 0 Å². The summed E-state index contributed by atoms with van der Waals surface area (Å²) in [4.78, 5) is 22.1. The molecule has 0 saturated carbocycles. The third-order valence-electron chi connectivity index (χ3n) is 2.11. The third kappa shape index (κ3) is 5.37. The summed E-state index contributed by atoms with van der Waals surface area (Å²) < 4.78 is 9.57. The summed E-state index contributed by atoms with van der Waals surface area (Å²) in [7, 11) is -1.63. The molecule has 0 amide bonds. The lowest BCUT2D eigenvalue weighted by Gasteiger charge is -2.06. The topological polar surface area (TPSA) is 93.1 Å². The van der Waals surface area contributed by atoms with Crippen molar-refractivity contribution in [1.29, 1.82) is 0 Å². The number of carbonyl (C=O) groups excluding carboxylic acids is 2. The van der Waals surface area contributed by atoms with Gasteiger partial charge >= 0.3 is 19.1 Å². The van der Waals surface area contributed by atoms with E-state index in [0.717, 1.165) is 6.08 Å². The summed E-state index contributed by atoms with van der Waals surface area (Å²) in [5.41, 5.74) is 0.211. The van der Waals surface area contributed by atoms with Gasteiger partial charge in [-0.3, -0.25) is 4.79 Å². The fraction of sp³-hybridized carbons (Fsp3) is 0.167. The van der Waals surface area contributed by atoms with Crippen LogP contribution in [0.5, 0.6) is 5.75 Å². The maximum atomic E-state index is 11.4. The average Bonchev–Trinajstić information content (AvgIpc) is 2.38. The largest absolute Gasteiger partial charge is 0.488 e. The monoisotopic (exact) mass is 264 g/mol. The molecule has 6 nitrogen and oxygen atoms in total. The molecular weight excluding hydrogens is 251 g/mol. The second-order valence-corrected chi connectivity index (χ2v) is 3.54. The first kappa shape index (κ1) is 14.9. The van der Waals surface area contributed by atoms with Crippen LogP contribution in [0.2, 0.25) is 0 Å². The molecule has 0 aliphatic rings. The number of rotatable bonds is 6. The van der Waals surface area contributed by atoms with Crippen LogP contribution in [-0.2, 0) is 14.3 Å². The van der Waals surface area contributed by atoms with E-state index in [-0.39, 0.29) is 24.2 Å². The Balaban J connectivity index is 2.46. The highest BCUT2D eigenvalue weighted by atomic mass is 16.5. The summed E-state index contributed by atoms with van der Waals surface area (Å²) in [5, 5.41) is 17.9. The van der Waals surface area contributed by atoms with E-state index in [4.69, 9.17) is 14.8 Å². The minimum atomic E-state index is -1.63. The molecule has 2 N–H and O–H groups in total. The minimum absolute atomic E-state index is 0.105. The fourth-order valence-electron chi connectivity index (χ4n) is 1.21. The van der Waals surface area contributed by atoms with Gasteiger partial charge in [0.15, 0.2) is 0 Å². The summed E-state index contributed by atoms with van der Waals surface area (Å²) in [6, 6.07) is 5.83. The Morgan fingerprint density at radius 2 is 2.11 bits per heavy atom. The van der Waals surface area contributed by atoms with Crippen molar-refractivity contribution in [1.82, 2.24) is 0 Å². The van der Waals surface area contributed by atoms with Crippen molar-refractivity contribution in [3.05, 3.63) is 36.9 Å². The predicted molar refractivity (Wildman–Crippen MR) is 67.7 cm³/mol. The highest BCUT2D eigenvalue weighted by molar-refractivity contribution is 6.58. The minimum Gasteiger partial charge on any atom is -0.462 e. The van der Waals surface area contributed by atoms with Gasteiger partial charge in [-0.05, 0) is 17.6 Å². The highest BCUT2D eigenvalue weighted by Crippen LogP contribution is 2.08. The molecule has 0 saturated heterocycles. The summed E-state index contributed by atoms with van der Waals surface area (Å²) in [6.45, 7) is 3.11. The Morgan fingerprint density at radius 3 is 2.74 bits per heavy atom. The molecule has 0 aliphatic heterocycles. The lowest BCUT2D eigenvalue weighted by molar-refractivity contribution is -0.141. The number of ether oxygens (including phenoxy) is 2. The van der Waals surface area contributed by atoms with Crippen LogP contribution in [0, 0.1) is 0 Å². The molecule has 7 heteroatoms. The molecule has 0 heterocycles. The molecular formula is C12H13BO6. The van der Waals surface area contributed by atoms with Crippen LogP contribution in [0.25, 0.3) is 0 Å². The molecule has 19 heavy (non-hydrogen) atoms. The van der Waals surface area contributed by atoms with Crippen LogP contribution in [0.4, 0.5) is 0 Å². The standard InChI is InChI=1S/C12H13BO6/c1-2-11(14)18-7-6-12(15)19-10-5-3-4-9(8-10)13(16)17/h2-5,8,16-17H,1,6-7H2. The van der Waals surface area contributed by atoms with Gasteiger partial charge in [-0.25, -0.2) is 4.79 Å². The number of carbonyl (C=O) groups is 2. The molecule has 0 bridgehead atoms. The second-order valence-electron chi connectivity index (χ2n) is 3.54. The van der Waals surface area contributed by atoms with Gasteiger partial charge in [-0.1, -0.05) is 18.7 Å². The fourth-order valence-corrected chi connectivity index (χ4v) is 1.21. The van der Waals surface area contributed by atoms with E-state index in [2.05, 4.69) is 11.3 Å². The van der Waals surface area contributed by atoms with Crippen LogP contribution < -0.4 is 10.2 Å². The zero-order valence-electron chi connectivity index (χ0n) is 10.1. The Hall–Kier alpha value is -2.12. The summed E-state index contributed by atoms with van der Waals surface area (Å²) in [6.07, 6.45) is 0.892. The zero-order chi connectivity index (χ0) is 14.3. The van der Waals surface area contributed by atoms with Crippen molar-refractivity contribution in [3.8, 4) is 5.75 Å². The van der Waals surface area contributed by atoms with E-state index in [9.17, 15) is 9.59 Å². The predicted octanol–water partition coefficient (Wildman–Crippen LogP) is -0.609. The third-order valence-corrected chi connectivity index (χ3v) is 2.11. The number of benzene rings is 1. The molecule has 0 fully saturated rings. The SMILES string of the molecule is C=CC(=O)OCCC(=O)Oc1cccc(B(O)O)c1. The normalized spacial score (nSPS) is 9.58. The van der Waals surface area contributed by atoms with Crippen LogP contribution in [0.3, 0.4) is 0 Å². The number of hydrogen-bond acceptors (Lipinski definition) is 6. The van der Waals surface area contributed by atoms with Crippen molar-refractivity contribution in [3.63, 3.8) is 0 Å². The Bertz CT molecular complexity index is 471. The van der Waals surface area contributed by atoms with Crippen LogP contribution in [0.15, 0.2) is 36.9 Å². The molecule has 1 aromatic rings. The van der Waals surface area contributed by atoms with E-state index >= 15 is 0 Å². The van der Waals surface area contributed by atoms with E-state index < -0.39 is 19.1 Å². The number of hydrogen-bond donors (Lipinski definition) is 2. The lowest BCUT2D eigenvalue weighted by atomic mass is 9.80. The quantitative estimate of drug-likeness (QED) is 0.308. The van der Waals surface area contributed by atoms with Gasteiger partial charge in [0.2, 0.25) is 0 Å². The molecule has 0 aromatic heterocycles. The molecule has 0 spiro atoms. The van der Waals surface area contributed by atoms with Gasteiger partial charge < -0.3 is 19.5 Å². The molecule has 1 aromatic carbocycles.